The molecule has 106 valence electrons. The van der Waals surface area contributed by atoms with Gasteiger partial charge in [0.2, 0.25) is 0 Å². The van der Waals surface area contributed by atoms with Gasteiger partial charge in [-0.25, -0.2) is 4.79 Å². The molecule has 0 spiro atoms. The summed E-state index contributed by atoms with van der Waals surface area (Å²) in [7, 11) is 1.70. The smallest absolute Gasteiger partial charge is 0.317 e. The molecule has 1 heterocycles. The Kier molecular flexibility index (Phi) is 5.45. The van der Waals surface area contributed by atoms with E-state index < -0.39 is 0 Å². The standard InChI is InChI=1S/C14H28N2O2/c1-11-7-6-8-16(10-11)13(17)15-9-12(18-5)14(2,3)4/h11-12H,6-10H2,1-5H3,(H,15,17)/t11-,12-/m0/s1. The van der Waals surface area contributed by atoms with E-state index in [0.29, 0.717) is 12.5 Å². The molecule has 0 unspecified atom stereocenters. The van der Waals surface area contributed by atoms with Crippen LogP contribution in [0.3, 0.4) is 0 Å². The van der Waals surface area contributed by atoms with Gasteiger partial charge in [-0.3, -0.25) is 0 Å². The maximum atomic E-state index is 12.1. The quantitative estimate of drug-likeness (QED) is 0.843. The molecule has 18 heavy (non-hydrogen) atoms. The van der Waals surface area contributed by atoms with E-state index in [0.717, 1.165) is 19.5 Å². The highest BCUT2D eigenvalue weighted by Crippen LogP contribution is 2.21. The number of likely N-dealkylation sites (tertiary alicyclic amines) is 1. The van der Waals surface area contributed by atoms with Gasteiger partial charge in [0, 0.05) is 26.7 Å². The first kappa shape index (κ1) is 15.3. The summed E-state index contributed by atoms with van der Waals surface area (Å²) in [6.07, 6.45) is 2.39. The Morgan fingerprint density at radius 2 is 2.17 bits per heavy atom. The summed E-state index contributed by atoms with van der Waals surface area (Å²) in [6.45, 7) is 10.9. The summed E-state index contributed by atoms with van der Waals surface area (Å²) in [6, 6.07) is 0.0489. The van der Waals surface area contributed by atoms with E-state index in [-0.39, 0.29) is 17.6 Å². The van der Waals surface area contributed by atoms with Crippen molar-refractivity contribution in [2.45, 2.75) is 46.6 Å². The van der Waals surface area contributed by atoms with Crippen molar-refractivity contribution in [1.29, 1.82) is 0 Å². The SMILES string of the molecule is CO[C@@H](CNC(=O)N1CCC[C@H](C)C1)C(C)(C)C. The number of methoxy groups -OCH3 is 1. The molecule has 0 aliphatic carbocycles. The zero-order valence-electron chi connectivity index (χ0n) is 12.5. The van der Waals surface area contributed by atoms with Crippen LogP contribution >= 0.6 is 0 Å². The normalized spacial score (nSPS) is 22.7. The van der Waals surface area contributed by atoms with Gasteiger partial charge in [-0.1, -0.05) is 27.7 Å². The van der Waals surface area contributed by atoms with Crippen molar-refractivity contribution < 1.29 is 9.53 Å². The predicted octanol–water partition coefficient (Wildman–Crippen LogP) is 2.49. The van der Waals surface area contributed by atoms with E-state index >= 15 is 0 Å². The van der Waals surface area contributed by atoms with Crippen molar-refractivity contribution in [3.8, 4) is 0 Å². The van der Waals surface area contributed by atoms with Crippen LogP contribution in [0.2, 0.25) is 0 Å². The fourth-order valence-corrected chi connectivity index (χ4v) is 2.41. The third-order valence-electron chi connectivity index (χ3n) is 3.63. The van der Waals surface area contributed by atoms with Crippen LogP contribution in [0.4, 0.5) is 4.79 Å². The number of urea groups is 1. The summed E-state index contributed by atoms with van der Waals surface area (Å²) in [5.74, 6) is 0.616. The molecule has 0 aromatic heterocycles. The minimum absolute atomic E-state index is 0.0389. The highest BCUT2D eigenvalue weighted by molar-refractivity contribution is 5.74. The lowest BCUT2D eigenvalue weighted by atomic mass is 9.89. The number of hydrogen-bond donors (Lipinski definition) is 1. The van der Waals surface area contributed by atoms with E-state index in [4.69, 9.17) is 4.74 Å². The van der Waals surface area contributed by atoms with Gasteiger partial charge >= 0.3 is 6.03 Å². The average molecular weight is 256 g/mol. The summed E-state index contributed by atoms with van der Waals surface area (Å²) in [4.78, 5) is 14.0. The Balaban J connectivity index is 2.40. The zero-order valence-corrected chi connectivity index (χ0v) is 12.5. The van der Waals surface area contributed by atoms with Crippen molar-refractivity contribution in [3.63, 3.8) is 0 Å². The Morgan fingerprint density at radius 1 is 1.50 bits per heavy atom. The van der Waals surface area contributed by atoms with Gasteiger partial charge in [0.25, 0.3) is 0 Å². The molecule has 0 bridgehead atoms. The number of rotatable bonds is 3. The lowest BCUT2D eigenvalue weighted by molar-refractivity contribution is 0.0182. The molecule has 4 heteroatoms. The van der Waals surface area contributed by atoms with Crippen LogP contribution in [-0.2, 0) is 4.74 Å². The molecule has 0 radical (unpaired) electrons. The Labute approximate surface area is 111 Å². The van der Waals surface area contributed by atoms with Crippen molar-refractivity contribution in [3.05, 3.63) is 0 Å². The molecule has 1 N–H and O–H groups in total. The van der Waals surface area contributed by atoms with Crippen molar-refractivity contribution >= 4 is 6.03 Å². The second kappa shape index (κ2) is 6.41. The minimum Gasteiger partial charge on any atom is -0.379 e. The first-order valence-electron chi connectivity index (χ1n) is 6.90. The number of nitrogens with zero attached hydrogens (tertiary/aromatic N) is 1. The fraction of sp³-hybridized carbons (Fsp3) is 0.929. The van der Waals surface area contributed by atoms with Crippen molar-refractivity contribution in [2.24, 2.45) is 11.3 Å². The second-order valence-electron chi connectivity index (χ2n) is 6.47. The van der Waals surface area contributed by atoms with Gasteiger partial charge in [0.1, 0.15) is 0 Å². The van der Waals surface area contributed by atoms with Crippen LogP contribution in [0.15, 0.2) is 0 Å². The van der Waals surface area contributed by atoms with Gasteiger partial charge < -0.3 is 15.0 Å². The first-order valence-corrected chi connectivity index (χ1v) is 6.90. The third-order valence-corrected chi connectivity index (χ3v) is 3.63. The highest BCUT2D eigenvalue weighted by atomic mass is 16.5. The lowest BCUT2D eigenvalue weighted by Crippen LogP contribution is -2.48. The molecule has 1 saturated heterocycles. The summed E-state index contributed by atoms with van der Waals surface area (Å²) in [5.41, 5.74) is 0.0389. The van der Waals surface area contributed by atoms with E-state index in [1.165, 1.54) is 6.42 Å². The number of hydrogen-bond acceptors (Lipinski definition) is 2. The van der Waals surface area contributed by atoms with Crippen LogP contribution in [0.25, 0.3) is 0 Å². The molecule has 4 nitrogen and oxygen atoms in total. The molecule has 1 fully saturated rings. The van der Waals surface area contributed by atoms with Gasteiger partial charge in [0.15, 0.2) is 0 Å². The van der Waals surface area contributed by atoms with Crippen LogP contribution in [-0.4, -0.2) is 43.8 Å². The summed E-state index contributed by atoms with van der Waals surface area (Å²) < 4.78 is 5.44. The number of amides is 2. The first-order chi connectivity index (χ1) is 8.34. The molecule has 2 amide bonds. The van der Waals surface area contributed by atoms with E-state index in [2.05, 4.69) is 33.0 Å². The second-order valence-corrected chi connectivity index (χ2v) is 6.47. The third kappa shape index (κ3) is 4.48. The molecule has 0 aromatic rings. The van der Waals surface area contributed by atoms with Gasteiger partial charge in [0.05, 0.1) is 6.10 Å². The van der Waals surface area contributed by atoms with Crippen molar-refractivity contribution in [1.82, 2.24) is 10.2 Å². The maximum absolute atomic E-state index is 12.1. The number of carbonyl (C=O) groups is 1. The largest absolute Gasteiger partial charge is 0.379 e. The number of ether oxygens (including phenoxy) is 1. The molecule has 0 saturated carbocycles. The lowest BCUT2D eigenvalue weighted by Gasteiger charge is -2.33. The molecular weight excluding hydrogens is 228 g/mol. The Bertz CT molecular complexity index is 273. The molecule has 2 atom stereocenters. The fourth-order valence-electron chi connectivity index (χ4n) is 2.41. The number of nitrogens with one attached hydrogen (secondary N) is 1. The van der Waals surface area contributed by atoms with Crippen LogP contribution in [0.1, 0.15) is 40.5 Å². The molecule has 1 rings (SSSR count). The molecular formula is C14H28N2O2. The van der Waals surface area contributed by atoms with E-state index in [1.807, 2.05) is 4.90 Å². The van der Waals surface area contributed by atoms with Crippen LogP contribution in [0, 0.1) is 11.3 Å². The number of piperidine rings is 1. The van der Waals surface area contributed by atoms with E-state index in [1.54, 1.807) is 7.11 Å². The maximum Gasteiger partial charge on any atom is 0.317 e. The van der Waals surface area contributed by atoms with Gasteiger partial charge in [-0.15, -0.1) is 0 Å². The summed E-state index contributed by atoms with van der Waals surface area (Å²) in [5, 5.41) is 2.99. The Hall–Kier alpha value is -0.770. The van der Waals surface area contributed by atoms with Crippen molar-refractivity contribution in [2.75, 3.05) is 26.7 Å². The molecule has 1 aliphatic rings. The zero-order chi connectivity index (χ0) is 13.8. The average Bonchev–Trinajstić information content (AvgIpc) is 2.27. The van der Waals surface area contributed by atoms with E-state index in [9.17, 15) is 4.79 Å². The highest BCUT2D eigenvalue weighted by Gasteiger charge is 2.26. The van der Waals surface area contributed by atoms with Crippen LogP contribution < -0.4 is 5.32 Å². The van der Waals surface area contributed by atoms with Crippen LogP contribution in [0.5, 0.6) is 0 Å². The minimum atomic E-state index is 0.0389. The Morgan fingerprint density at radius 3 is 2.67 bits per heavy atom. The summed E-state index contributed by atoms with van der Waals surface area (Å²) >= 11 is 0. The van der Waals surface area contributed by atoms with Gasteiger partial charge in [-0.05, 0) is 24.2 Å². The monoisotopic (exact) mass is 256 g/mol. The van der Waals surface area contributed by atoms with Gasteiger partial charge in [-0.2, -0.15) is 0 Å². The predicted molar refractivity (Wildman–Crippen MR) is 73.6 cm³/mol. The molecule has 1 aliphatic heterocycles. The number of carbonyl (C=O) groups excluding carboxylic acids is 1. The molecule has 0 aromatic carbocycles. The topological polar surface area (TPSA) is 41.6 Å².